The average molecular weight is 520 g/mol. The van der Waals surface area contributed by atoms with Crippen LogP contribution in [0.2, 0.25) is 18.1 Å². The number of nitrogen functional groups attached to an aromatic ring is 1. The molecule has 13 heteroatoms. The highest BCUT2D eigenvalue weighted by molar-refractivity contribution is 6.74. The highest BCUT2D eigenvalue weighted by atomic mass is 28.4. The van der Waals surface area contributed by atoms with Crippen LogP contribution in [-0.4, -0.2) is 67.1 Å². The summed E-state index contributed by atoms with van der Waals surface area (Å²) < 4.78 is 61.0. The zero-order chi connectivity index (χ0) is 26.7. The van der Waals surface area contributed by atoms with E-state index in [0.29, 0.717) is 5.69 Å². The van der Waals surface area contributed by atoms with Gasteiger partial charge in [0.1, 0.15) is 17.2 Å². The van der Waals surface area contributed by atoms with E-state index < -0.39 is 44.9 Å². The molecule has 35 heavy (non-hydrogen) atoms. The molecule has 8 nitrogen and oxygen atoms in total. The number of rotatable bonds is 10. The molecular formula is C22H33F4N5O3Si. The van der Waals surface area contributed by atoms with Gasteiger partial charge >= 0.3 is 6.18 Å². The molecular weight excluding hydrogens is 486 g/mol. The molecule has 2 aromatic rings. The summed E-state index contributed by atoms with van der Waals surface area (Å²) in [6.07, 6.45) is -3.94. The number of aliphatic hydroxyl groups is 1. The Kier molecular flexibility index (Phi) is 8.74. The number of nitrogens with one attached hydrogen (secondary N) is 2. The van der Waals surface area contributed by atoms with Crippen molar-refractivity contribution in [3.05, 3.63) is 41.8 Å². The van der Waals surface area contributed by atoms with Gasteiger partial charge in [-0.05, 0) is 42.4 Å². The fraction of sp³-hybridized carbons (Fsp3) is 0.545. The summed E-state index contributed by atoms with van der Waals surface area (Å²) in [5.41, 5.74) is 2.87. The first-order valence-electron chi connectivity index (χ1n) is 11.0. The molecule has 0 aliphatic carbocycles. The summed E-state index contributed by atoms with van der Waals surface area (Å²) in [6, 6.07) is 5.10. The number of carbonyl (C=O) groups is 1. The van der Waals surface area contributed by atoms with Crippen LogP contribution in [0.25, 0.3) is 5.69 Å². The molecule has 0 fully saturated rings. The van der Waals surface area contributed by atoms with Crippen molar-refractivity contribution >= 4 is 20.0 Å². The van der Waals surface area contributed by atoms with Crippen molar-refractivity contribution in [1.82, 2.24) is 20.4 Å². The lowest BCUT2D eigenvalue weighted by Gasteiger charge is -2.36. The van der Waals surface area contributed by atoms with Crippen LogP contribution in [-0.2, 0) is 4.43 Å². The average Bonchev–Trinajstić information content (AvgIpc) is 3.12. The third kappa shape index (κ3) is 7.03. The molecule has 0 saturated heterocycles. The molecule has 0 unspecified atom stereocenters. The van der Waals surface area contributed by atoms with Crippen LogP contribution in [0.4, 0.5) is 23.4 Å². The van der Waals surface area contributed by atoms with Crippen LogP contribution in [0.1, 0.15) is 31.1 Å². The van der Waals surface area contributed by atoms with Crippen LogP contribution >= 0.6 is 0 Å². The van der Waals surface area contributed by atoms with Gasteiger partial charge in [-0.2, -0.15) is 18.3 Å². The quantitative estimate of drug-likeness (QED) is 0.218. The number of benzene rings is 1. The minimum atomic E-state index is -5.02. The molecule has 1 aromatic carbocycles. The van der Waals surface area contributed by atoms with Crippen LogP contribution < -0.4 is 16.4 Å². The molecule has 196 valence electrons. The van der Waals surface area contributed by atoms with Crippen molar-refractivity contribution in [2.24, 2.45) is 0 Å². The van der Waals surface area contributed by atoms with Gasteiger partial charge < -0.3 is 25.9 Å². The molecule has 1 amide bonds. The maximum absolute atomic E-state index is 13.6. The molecule has 2 rings (SSSR count). The molecule has 0 bridgehead atoms. The van der Waals surface area contributed by atoms with Gasteiger partial charge in [0.15, 0.2) is 13.9 Å². The second-order valence-corrected chi connectivity index (χ2v) is 14.6. The number of amides is 1. The minimum absolute atomic E-state index is 0.0453. The molecule has 0 saturated carbocycles. The predicted octanol–water partition coefficient (Wildman–Crippen LogP) is 3.23. The predicted molar refractivity (Wildman–Crippen MR) is 127 cm³/mol. The zero-order valence-corrected chi connectivity index (χ0v) is 21.5. The Morgan fingerprint density at radius 1 is 1.17 bits per heavy atom. The van der Waals surface area contributed by atoms with E-state index in [-0.39, 0.29) is 29.6 Å². The van der Waals surface area contributed by atoms with Gasteiger partial charge in [0.05, 0.1) is 18.4 Å². The number of aromatic nitrogens is 2. The Hall–Kier alpha value is -2.48. The minimum Gasteiger partial charge on any atom is -0.416 e. The molecule has 0 radical (unpaired) electrons. The second kappa shape index (κ2) is 10.6. The lowest BCUT2D eigenvalue weighted by Crippen LogP contribution is -2.59. The molecule has 1 aromatic heterocycles. The maximum atomic E-state index is 13.6. The van der Waals surface area contributed by atoms with Crippen LogP contribution in [0.15, 0.2) is 30.5 Å². The van der Waals surface area contributed by atoms with Crippen LogP contribution in [0.3, 0.4) is 0 Å². The van der Waals surface area contributed by atoms with Gasteiger partial charge in [0.25, 0.3) is 5.91 Å². The number of hydrogen-bond donors (Lipinski definition) is 4. The molecule has 0 spiro atoms. The van der Waals surface area contributed by atoms with Crippen molar-refractivity contribution in [3.8, 4) is 5.69 Å². The monoisotopic (exact) mass is 519 g/mol. The normalized spacial score (nSPS) is 14.6. The summed E-state index contributed by atoms with van der Waals surface area (Å²) in [7, 11) is -2.06. The van der Waals surface area contributed by atoms with Crippen molar-refractivity contribution in [3.63, 3.8) is 0 Å². The van der Waals surface area contributed by atoms with Gasteiger partial charge in [-0.1, -0.05) is 20.8 Å². The first-order valence-corrected chi connectivity index (χ1v) is 13.9. The van der Waals surface area contributed by atoms with E-state index in [2.05, 4.69) is 15.7 Å². The third-order valence-electron chi connectivity index (χ3n) is 6.16. The van der Waals surface area contributed by atoms with Gasteiger partial charge in [0.2, 0.25) is 0 Å². The Morgan fingerprint density at radius 3 is 2.31 bits per heavy atom. The zero-order valence-electron chi connectivity index (χ0n) is 20.5. The van der Waals surface area contributed by atoms with Gasteiger partial charge in [0, 0.05) is 19.7 Å². The summed E-state index contributed by atoms with van der Waals surface area (Å²) in [5.74, 6) is -1.57. The van der Waals surface area contributed by atoms with Gasteiger partial charge in [-0.15, -0.1) is 0 Å². The van der Waals surface area contributed by atoms with E-state index >= 15 is 0 Å². The third-order valence-corrected chi connectivity index (χ3v) is 10.7. The summed E-state index contributed by atoms with van der Waals surface area (Å²) in [4.78, 5) is 12.5. The summed E-state index contributed by atoms with van der Waals surface area (Å²) in [6.45, 7) is 8.54. The Labute approximate surface area is 203 Å². The number of hydrogen-bond acceptors (Lipinski definition) is 6. The van der Waals surface area contributed by atoms with E-state index in [1.165, 1.54) is 24.3 Å². The number of carbonyl (C=O) groups excluding carboxylic acids is 1. The SMILES string of the molecule is CC(C)(C)[Si](C)(C)OCCNC[C@@](O)(CNC(=O)c1cnn(-c2ccc(F)cc2)c1N)C(F)(F)F. The first-order chi connectivity index (χ1) is 16.0. The molecule has 0 aliphatic heterocycles. The van der Waals surface area contributed by atoms with Crippen molar-refractivity contribution < 1.29 is 31.9 Å². The summed E-state index contributed by atoms with van der Waals surface area (Å²) >= 11 is 0. The second-order valence-electron chi connectivity index (χ2n) is 9.83. The van der Waals surface area contributed by atoms with Gasteiger partial charge in [-0.3, -0.25) is 4.79 Å². The molecule has 1 atom stereocenters. The standard InChI is InChI=1S/C22H33F4N5O3Si/c1-20(2,3)35(4,5)34-11-10-28-13-21(33,22(24,25)26)14-29-19(32)17-12-30-31(18(17)27)16-8-6-15(23)7-9-16/h6-9,12,28,33H,10-11,13-14,27H2,1-5H3,(H,29,32)/t21-/m1/s1. The van der Waals surface area contributed by atoms with E-state index in [0.717, 1.165) is 10.9 Å². The molecule has 1 heterocycles. The van der Waals surface area contributed by atoms with E-state index in [9.17, 15) is 27.5 Å². The Morgan fingerprint density at radius 2 is 1.77 bits per heavy atom. The Balaban J connectivity index is 1.99. The Bertz CT molecular complexity index is 1010. The highest BCUT2D eigenvalue weighted by Crippen LogP contribution is 2.36. The topological polar surface area (TPSA) is 114 Å². The first kappa shape index (κ1) is 28.8. The number of alkyl halides is 3. The number of nitrogens with zero attached hydrogens (tertiary/aromatic N) is 2. The van der Waals surface area contributed by atoms with Crippen molar-refractivity contribution in [2.45, 2.75) is 50.7 Å². The number of halogens is 4. The van der Waals surface area contributed by atoms with Crippen molar-refractivity contribution in [1.29, 1.82) is 0 Å². The molecule has 0 aliphatic rings. The lowest BCUT2D eigenvalue weighted by molar-refractivity contribution is -0.254. The van der Waals surface area contributed by atoms with Crippen LogP contribution in [0.5, 0.6) is 0 Å². The van der Waals surface area contributed by atoms with Gasteiger partial charge in [-0.25, -0.2) is 9.07 Å². The highest BCUT2D eigenvalue weighted by Gasteiger charge is 2.53. The van der Waals surface area contributed by atoms with Crippen molar-refractivity contribution in [2.75, 3.05) is 32.0 Å². The summed E-state index contributed by atoms with van der Waals surface area (Å²) in [5, 5.41) is 18.8. The van der Waals surface area contributed by atoms with E-state index in [1.807, 2.05) is 33.9 Å². The largest absolute Gasteiger partial charge is 0.420 e. The maximum Gasteiger partial charge on any atom is 0.420 e. The van der Waals surface area contributed by atoms with E-state index in [4.69, 9.17) is 10.2 Å². The number of anilines is 1. The fourth-order valence-corrected chi connectivity index (χ4v) is 3.84. The van der Waals surface area contributed by atoms with Crippen LogP contribution in [0, 0.1) is 5.82 Å². The number of nitrogens with two attached hydrogens (primary N) is 1. The fourth-order valence-electron chi connectivity index (χ4n) is 2.80. The lowest BCUT2D eigenvalue weighted by atomic mass is 10.0. The smallest absolute Gasteiger partial charge is 0.416 e. The van der Waals surface area contributed by atoms with E-state index in [1.54, 1.807) is 0 Å². The molecule has 5 N–H and O–H groups in total.